The number of ketones is 1. The first-order chi connectivity index (χ1) is 10.8. The lowest BCUT2D eigenvalue weighted by Gasteiger charge is -2.39. The van der Waals surface area contributed by atoms with Crippen molar-refractivity contribution in [2.75, 3.05) is 19.6 Å². The van der Waals surface area contributed by atoms with Crippen molar-refractivity contribution in [1.82, 2.24) is 10.6 Å². The van der Waals surface area contributed by atoms with Crippen molar-refractivity contribution in [2.24, 2.45) is 5.41 Å². The van der Waals surface area contributed by atoms with Gasteiger partial charge in [-0.1, -0.05) is 43.2 Å². The molecule has 1 atom stereocenters. The van der Waals surface area contributed by atoms with Crippen molar-refractivity contribution < 1.29 is 4.79 Å². The number of piperidine rings is 1. The summed E-state index contributed by atoms with van der Waals surface area (Å²) in [6.07, 6.45) is 7.50. The molecule has 0 radical (unpaired) electrons. The van der Waals surface area contributed by atoms with Gasteiger partial charge in [-0.2, -0.15) is 0 Å². The van der Waals surface area contributed by atoms with E-state index in [9.17, 15) is 4.79 Å². The molecule has 2 heterocycles. The van der Waals surface area contributed by atoms with Gasteiger partial charge in [-0.15, -0.1) is 0 Å². The fourth-order valence-electron chi connectivity index (χ4n) is 4.02. The van der Waals surface area contributed by atoms with Gasteiger partial charge in [-0.25, -0.2) is 0 Å². The van der Waals surface area contributed by atoms with E-state index in [1.54, 1.807) is 0 Å². The number of carbonyl (C=O) groups is 1. The Morgan fingerprint density at radius 3 is 2.59 bits per heavy atom. The Morgan fingerprint density at radius 2 is 1.82 bits per heavy atom. The highest BCUT2D eigenvalue weighted by Gasteiger charge is 2.42. The lowest BCUT2D eigenvalue weighted by molar-refractivity contribution is -0.132. The lowest BCUT2D eigenvalue weighted by atomic mass is 9.68. The Bertz CT molecular complexity index is 471. The molecule has 3 nitrogen and oxygen atoms in total. The standard InChI is InChI=1S/C19H28N2O/c22-18(17-9-5-2-6-12-21-17)19(10-13-20-14-11-19)15-16-7-3-1-4-8-16/h1,3-4,7-8,17,20-21H,2,5-6,9-15H2. The summed E-state index contributed by atoms with van der Waals surface area (Å²) in [4.78, 5) is 13.3. The van der Waals surface area contributed by atoms with E-state index < -0.39 is 0 Å². The van der Waals surface area contributed by atoms with Crippen LogP contribution in [0.15, 0.2) is 30.3 Å². The van der Waals surface area contributed by atoms with E-state index in [2.05, 4.69) is 34.9 Å². The molecule has 2 aliphatic rings. The molecule has 1 unspecified atom stereocenters. The summed E-state index contributed by atoms with van der Waals surface area (Å²) in [6, 6.07) is 10.6. The lowest BCUT2D eigenvalue weighted by Crippen LogP contribution is -2.51. The van der Waals surface area contributed by atoms with Gasteiger partial charge >= 0.3 is 0 Å². The maximum Gasteiger partial charge on any atom is 0.156 e. The second-order valence-corrected chi connectivity index (χ2v) is 6.91. The van der Waals surface area contributed by atoms with E-state index in [-0.39, 0.29) is 11.5 Å². The summed E-state index contributed by atoms with van der Waals surface area (Å²) < 4.78 is 0. The maximum atomic E-state index is 13.3. The van der Waals surface area contributed by atoms with Crippen LogP contribution in [0.2, 0.25) is 0 Å². The second kappa shape index (κ2) is 7.38. The number of benzene rings is 1. The van der Waals surface area contributed by atoms with Gasteiger partial charge in [-0.3, -0.25) is 4.79 Å². The smallest absolute Gasteiger partial charge is 0.156 e. The van der Waals surface area contributed by atoms with Crippen LogP contribution in [0.1, 0.15) is 44.1 Å². The van der Waals surface area contributed by atoms with Gasteiger partial charge in [0.05, 0.1) is 6.04 Å². The highest BCUT2D eigenvalue weighted by atomic mass is 16.1. The van der Waals surface area contributed by atoms with Crippen LogP contribution in [-0.2, 0) is 11.2 Å². The van der Waals surface area contributed by atoms with E-state index in [0.29, 0.717) is 5.78 Å². The Morgan fingerprint density at radius 1 is 1.05 bits per heavy atom. The summed E-state index contributed by atoms with van der Waals surface area (Å²) in [5, 5.41) is 6.94. The Balaban J connectivity index is 1.80. The molecule has 2 fully saturated rings. The van der Waals surface area contributed by atoms with Crippen LogP contribution >= 0.6 is 0 Å². The van der Waals surface area contributed by atoms with Crippen LogP contribution in [0.25, 0.3) is 0 Å². The van der Waals surface area contributed by atoms with E-state index in [4.69, 9.17) is 0 Å². The molecule has 22 heavy (non-hydrogen) atoms. The second-order valence-electron chi connectivity index (χ2n) is 6.91. The number of nitrogens with one attached hydrogen (secondary N) is 2. The first kappa shape index (κ1) is 15.7. The van der Waals surface area contributed by atoms with Gasteiger partial charge < -0.3 is 10.6 Å². The van der Waals surface area contributed by atoms with Crippen LogP contribution in [0.5, 0.6) is 0 Å². The molecule has 1 aromatic carbocycles. The van der Waals surface area contributed by atoms with Crippen LogP contribution < -0.4 is 10.6 Å². The Labute approximate surface area is 133 Å². The van der Waals surface area contributed by atoms with Crippen LogP contribution in [0.4, 0.5) is 0 Å². The molecule has 120 valence electrons. The van der Waals surface area contributed by atoms with Gasteiger partial charge in [-0.05, 0) is 57.3 Å². The zero-order valence-electron chi connectivity index (χ0n) is 13.4. The van der Waals surface area contributed by atoms with Crippen LogP contribution in [0.3, 0.4) is 0 Å². The highest BCUT2D eigenvalue weighted by molar-refractivity contribution is 5.90. The topological polar surface area (TPSA) is 41.1 Å². The van der Waals surface area contributed by atoms with Crippen molar-refractivity contribution in [1.29, 1.82) is 0 Å². The first-order valence-corrected chi connectivity index (χ1v) is 8.83. The summed E-state index contributed by atoms with van der Waals surface area (Å²) >= 11 is 0. The molecule has 1 aromatic rings. The summed E-state index contributed by atoms with van der Waals surface area (Å²) in [6.45, 7) is 2.92. The fourth-order valence-corrected chi connectivity index (χ4v) is 4.02. The van der Waals surface area contributed by atoms with E-state index in [1.807, 2.05) is 6.07 Å². The van der Waals surface area contributed by atoms with E-state index >= 15 is 0 Å². The molecular formula is C19H28N2O. The molecule has 2 aliphatic heterocycles. The SMILES string of the molecule is O=C(C1CCCCCN1)C1(Cc2ccccc2)CCNCC1. The third kappa shape index (κ3) is 3.58. The average molecular weight is 300 g/mol. The molecule has 2 saturated heterocycles. The van der Waals surface area contributed by atoms with Crippen molar-refractivity contribution in [3.05, 3.63) is 35.9 Å². The zero-order valence-corrected chi connectivity index (χ0v) is 13.4. The minimum atomic E-state index is -0.172. The molecule has 0 aromatic heterocycles. The van der Waals surface area contributed by atoms with Gasteiger partial charge in [0.1, 0.15) is 0 Å². The summed E-state index contributed by atoms with van der Waals surface area (Å²) in [7, 11) is 0. The quantitative estimate of drug-likeness (QED) is 0.898. The van der Waals surface area contributed by atoms with Crippen molar-refractivity contribution in [3.8, 4) is 0 Å². The highest BCUT2D eigenvalue weighted by Crippen LogP contribution is 2.36. The third-order valence-electron chi connectivity index (χ3n) is 5.35. The van der Waals surface area contributed by atoms with Crippen molar-refractivity contribution in [2.45, 2.75) is 51.0 Å². The Hall–Kier alpha value is -1.19. The number of hydrogen-bond acceptors (Lipinski definition) is 3. The number of rotatable bonds is 4. The molecular weight excluding hydrogens is 272 g/mol. The van der Waals surface area contributed by atoms with E-state index in [1.165, 1.54) is 24.8 Å². The first-order valence-electron chi connectivity index (χ1n) is 8.83. The predicted molar refractivity (Wildman–Crippen MR) is 89.9 cm³/mol. The number of hydrogen-bond donors (Lipinski definition) is 2. The number of carbonyl (C=O) groups excluding carboxylic acids is 1. The molecule has 3 heteroatoms. The van der Waals surface area contributed by atoms with Crippen molar-refractivity contribution in [3.63, 3.8) is 0 Å². The minimum absolute atomic E-state index is 0.0734. The predicted octanol–water partition coefficient (Wildman–Crippen LogP) is 2.70. The molecule has 2 N–H and O–H groups in total. The normalized spacial score (nSPS) is 25.4. The van der Waals surface area contributed by atoms with Gasteiger partial charge in [0.15, 0.2) is 5.78 Å². The van der Waals surface area contributed by atoms with Gasteiger partial charge in [0.25, 0.3) is 0 Å². The fraction of sp³-hybridized carbons (Fsp3) is 0.632. The van der Waals surface area contributed by atoms with Crippen LogP contribution in [0, 0.1) is 5.41 Å². The van der Waals surface area contributed by atoms with Gasteiger partial charge in [0, 0.05) is 5.41 Å². The molecule has 0 amide bonds. The molecule has 0 bridgehead atoms. The minimum Gasteiger partial charge on any atom is -0.317 e. The van der Waals surface area contributed by atoms with E-state index in [0.717, 1.165) is 45.3 Å². The summed E-state index contributed by atoms with van der Waals surface area (Å²) in [5.41, 5.74) is 1.13. The molecule has 3 rings (SSSR count). The zero-order chi connectivity index (χ0) is 15.3. The van der Waals surface area contributed by atoms with Crippen molar-refractivity contribution >= 4 is 5.78 Å². The third-order valence-corrected chi connectivity index (χ3v) is 5.35. The van der Waals surface area contributed by atoms with Crippen LogP contribution in [-0.4, -0.2) is 31.5 Å². The Kier molecular flexibility index (Phi) is 5.27. The monoisotopic (exact) mass is 300 g/mol. The number of Topliss-reactive ketones (excluding diaryl/α,β-unsaturated/α-hetero) is 1. The molecule has 0 aliphatic carbocycles. The van der Waals surface area contributed by atoms with Gasteiger partial charge in [0.2, 0.25) is 0 Å². The molecule has 0 spiro atoms. The molecule has 0 saturated carbocycles. The maximum absolute atomic E-state index is 13.3. The largest absolute Gasteiger partial charge is 0.317 e. The average Bonchev–Trinajstić information content (AvgIpc) is 2.85. The summed E-state index contributed by atoms with van der Waals surface area (Å²) in [5.74, 6) is 0.472.